The normalized spacial score (nSPS) is 12.9. The summed E-state index contributed by atoms with van der Waals surface area (Å²) in [6.45, 7) is -0.398. The van der Waals surface area contributed by atoms with Gasteiger partial charge < -0.3 is 14.7 Å². The van der Waals surface area contributed by atoms with Gasteiger partial charge in [0.25, 0.3) is 0 Å². The molecular weight excluding hydrogens is 178 g/mol. The molecule has 0 aliphatic rings. The van der Waals surface area contributed by atoms with Gasteiger partial charge in [-0.05, 0) is 0 Å². The summed E-state index contributed by atoms with van der Waals surface area (Å²) in [4.78, 5) is 10.2. The topological polar surface area (TPSA) is 72.5 Å². The van der Waals surface area contributed by atoms with Gasteiger partial charge in [0, 0.05) is 0 Å². The molecule has 0 amide bonds. The molecule has 0 radical (unpaired) electrons. The van der Waals surface area contributed by atoms with Gasteiger partial charge in [0.15, 0.2) is 16.3 Å². The second-order valence-corrected chi connectivity index (χ2v) is 1.51. The Labute approximate surface area is 55.1 Å². The molecule has 0 heterocycles. The van der Waals surface area contributed by atoms with Gasteiger partial charge in [0.1, 0.15) is 6.04 Å². The van der Waals surface area contributed by atoms with Crippen LogP contribution in [0.25, 0.3) is 0 Å². The number of hydrogen-bond donors (Lipinski definition) is 2. The van der Waals surface area contributed by atoms with E-state index in [1.807, 2.05) is 0 Å². The lowest BCUT2D eigenvalue weighted by atomic mass is 10.3. The molecule has 0 fully saturated rings. The molecule has 0 saturated heterocycles. The lowest BCUT2D eigenvalue weighted by Gasteiger charge is -2.00. The first-order valence-electron chi connectivity index (χ1n) is 1.91. The number of hydrogen-bond acceptors (Lipinski definition) is 4. The van der Waals surface area contributed by atoms with Crippen LogP contribution in [-0.2, 0) is 8.62 Å². The number of carbonyl (C=O) groups is 1. The van der Waals surface area contributed by atoms with Crippen LogP contribution in [0.2, 0.25) is 0 Å². The molecule has 0 rings (SSSR count). The largest absolute Gasteiger partial charge is 0.394 e. The quantitative estimate of drug-likeness (QED) is 0.586. The van der Waals surface area contributed by atoms with Crippen molar-refractivity contribution in [1.29, 1.82) is 0 Å². The number of rotatable bonds is 2. The van der Waals surface area contributed by atoms with E-state index < -0.39 is 18.6 Å². The lowest BCUT2D eigenvalue weighted by Crippen LogP contribution is -2.33. The van der Waals surface area contributed by atoms with Crippen LogP contribution in [0.1, 0.15) is 0 Å². The van der Waals surface area contributed by atoms with Crippen molar-refractivity contribution in [3.63, 3.8) is 0 Å². The molecule has 0 spiro atoms. The molecule has 5 heteroatoms. The van der Waals surface area contributed by atoms with Gasteiger partial charge in [-0.3, -0.25) is 0 Å². The van der Waals surface area contributed by atoms with E-state index in [0.29, 0.717) is 0 Å². The fourth-order valence-electron chi connectivity index (χ4n) is 0.132. The summed E-state index contributed by atoms with van der Waals surface area (Å²) in [7, 11) is 0. The minimum atomic E-state index is -0.936. The van der Waals surface area contributed by atoms with Crippen molar-refractivity contribution in [2.24, 2.45) is 5.73 Å². The third kappa shape index (κ3) is 2.25. The van der Waals surface area contributed by atoms with Gasteiger partial charge in [-0.25, -0.2) is 4.79 Å². The highest BCUT2D eigenvalue weighted by atomic mass is 79.9. The summed E-state index contributed by atoms with van der Waals surface area (Å²) in [5.41, 5.74) is 4.97. The second-order valence-electron chi connectivity index (χ2n) is 1.19. The molecule has 4 nitrogen and oxygen atoms in total. The van der Waals surface area contributed by atoms with Crippen LogP contribution in [0.3, 0.4) is 0 Å². The average molecular weight is 184 g/mol. The molecule has 8 heavy (non-hydrogen) atoms. The molecule has 0 bridgehead atoms. The van der Waals surface area contributed by atoms with Crippen molar-refractivity contribution < 1.29 is 13.7 Å². The number of nitrogens with two attached hydrogens (primary N) is 1. The predicted molar refractivity (Wildman–Crippen MR) is 30.1 cm³/mol. The Morgan fingerprint density at radius 3 is 2.62 bits per heavy atom. The minimum absolute atomic E-state index is 0.398. The molecule has 48 valence electrons. The standard InChI is InChI=1S/C3H6BrNO3/c4-8-3(7)2(5)1-6/h2,6H,1,5H2/t2-/m0/s1. The maximum Gasteiger partial charge on any atom is 0.336 e. The first-order valence-corrected chi connectivity index (χ1v) is 2.56. The predicted octanol–water partition coefficient (Wildman–Crippen LogP) is -0.841. The molecular formula is C3H6BrNO3. The summed E-state index contributed by atoms with van der Waals surface area (Å²) in [5.74, 6) is -0.674. The third-order valence-electron chi connectivity index (χ3n) is 0.575. The Morgan fingerprint density at radius 1 is 2.00 bits per heavy atom. The molecule has 0 aliphatic heterocycles. The van der Waals surface area contributed by atoms with Gasteiger partial charge in [0.05, 0.1) is 6.61 Å². The Kier molecular flexibility index (Phi) is 3.76. The van der Waals surface area contributed by atoms with Crippen LogP contribution in [0.5, 0.6) is 0 Å². The second kappa shape index (κ2) is 3.82. The van der Waals surface area contributed by atoms with E-state index in [1.165, 1.54) is 0 Å². The van der Waals surface area contributed by atoms with Crippen LogP contribution in [0.4, 0.5) is 0 Å². The van der Waals surface area contributed by atoms with Crippen LogP contribution in [0.15, 0.2) is 0 Å². The van der Waals surface area contributed by atoms with Crippen LogP contribution >= 0.6 is 16.3 Å². The van der Waals surface area contributed by atoms with Crippen LogP contribution in [0, 0.1) is 0 Å². The number of halogens is 1. The Hall–Kier alpha value is -0.130. The summed E-state index contributed by atoms with van der Waals surface area (Å²) in [6, 6.07) is -0.936. The maximum absolute atomic E-state index is 10.2. The fourth-order valence-corrected chi connectivity index (χ4v) is 0.372. The van der Waals surface area contributed by atoms with Crippen molar-refractivity contribution in [2.45, 2.75) is 6.04 Å². The Balaban J connectivity index is 3.46. The highest BCUT2D eigenvalue weighted by molar-refractivity contribution is 9.06. The van der Waals surface area contributed by atoms with E-state index in [2.05, 4.69) is 20.1 Å². The van der Waals surface area contributed by atoms with E-state index in [4.69, 9.17) is 10.8 Å². The first-order chi connectivity index (χ1) is 3.72. The number of aliphatic hydroxyl groups excluding tert-OH is 1. The highest BCUT2D eigenvalue weighted by Crippen LogP contribution is 1.88. The zero-order valence-corrected chi connectivity index (χ0v) is 5.59. The molecule has 0 aromatic heterocycles. The van der Waals surface area contributed by atoms with Crippen molar-refractivity contribution >= 4 is 22.2 Å². The highest BCUT2D eigenvalue weighted by Gasteiger charge is 2.11. The molecule has 0 unspecified atom stereocenters. The molecule has 0 saturated carbocycles. The summed E-state index contributed by atoms with van der Waals surface area (Å²) in [5, 5.41) is 8.19. The fraction of sp³-hybridized carbons (Fsp3) is 0.667. The Bertz CT molecular complexity index is 86.6. The third-order valence-corrected chi connectivity index (χ3v) is 0.895. The van der Waals surface area contributed by atoms with Crippen molar-refractivity contribution in [1.82, 2.24) is 0 Å². The molecule has 3 N–H and O–H groups in total. The maximum atomic E-state index is 10.2. The monoisotopic (exact) mass is 183 g/mol. The van der Waals surface area contributed by atoms with Crippen LogP contribution < -0.4 is 5.73 Å². The molecule has 0 aliphatic carbocycles. The first kappa shape index (κ1) is 7.87. The molecule has 1 atom stereocenters. The van der Waals surface area contributed by atoms with E-state index in [-0.39, 0.29) is 0 Å². The lowest BCUT2D eigenvalue weighted by molar-refractivity contribution is -0.134. The van der Waals surface area contributed by atoms with Gasteiger partial charge in [-0.2, -0.15) is 0 Å². The smallest absolute Gasteiger partial charge is 0.336 e. The van der Waals surface area contributed by atoms with E-state index in [0.717, 1.165) is 0 Å². The van der Waals surface area contributed by atoms with Gasteiger partial charge in [-0.15, -0.1) is 0 Å². The molecule has 0 aromatic rings. The number of aliphatic hydroxyl groups is 1. The summed E-state index contributed by atoms with van der Waals surface area (Å²) >= 11 is 2.42. The van der Waals surface area contributed by atoms with E-state index >= 15 is 0 Å². The number of carbonyl (C=O) groups excluding carboxylic acids is 1. The summed E-state index contributed by atoms with van der Waals surface area (Å²) < 4.78 is 3.99. The Morgan fingerprint density at radius 2 is 2.50 bits per heavy atom. The van der Waals surface area contributed by atoms with Crippen LogP contribution in [-0.4, -0.2) is 23.7 Å². The minimum Gasteiger partial charge on any atom is -0.394 e. The van der Waals surface area contributed by atoms with Crippen molar-refractivity contribution in [3.8, 4) is 0 Å². The van der Waals surface area contributed by atoms with Gasteiger partial charge in [-0.1, -0.05) is 0 Å². The zero-order chi connectivity index (χ0) is 6.57. The van der Waals surface area contributed by atoms with E-state index in [1.54, 1.807) is 0 Å². The SMILES string of the molecule is N[C@@H](CO)C(=O)OBr. The zero-order valence-electron chi connectivity index (χ0n) is 4.00. The van der Waals surface area contributed by atoms with Gasteiger partial charge >= 0.3 is 5.97 Å². The van der Waals surface area contributed by atoms with Gasteiger partial charge in [0.2, 0.25) is 0 Å². The molecule has 0 aromatic carbocycles. The average Bonchev–Trinajstić information content (AvgIpc) is 1.84. The summed E-state index contributed by atoms with van der Waals surface area (Å²) in [6.07, 6.45) is 0. The van der Waals surface area contributed by atoms with Crippen molar-refractivity contribution in [2.75, 3.05) is 6.61 Å². The van der Waals surface area contributed by atoms with Crippen molar-refractivity contribution in [3.05, 3.63) is 0 Å². The van der Waals surface area contributed by atoms with E-state index in [9.17, 15) is 4.79 Å².